The van der Waals surface area contributed by atoms with Crippen LogP contribution in [0.15, 0.2) is 0 Å². The summed E-state index contributed by atoms with van der Waals surface area (Å²) in [5.74, 6) is -1.19. The van der Waals surface area contributed by atoms with E-state index in [1.807, 2.05) is 0 Å². The summed E-state index contributed by atoms with van der Waals surface area (Å²) >= 11 is 0. The van der Waals surface area contributed by atoms with E-state index >= 15 is 0 Å². The van der Waals surface area contributed by atoms with Crippen molar-refractivity contribution >= 4 is 16.0 Å². The molecule has 12 heavy (non-hydrogen) atoms. The Kier molecular flexibility index (Phi) is 3.04. The lowest BCUT2D eigenvalue weighted by atomic mass is 10.8. The molecule has 0 saturated heterocycles. The van der Waals surface area contributed by atoms with Gasteiger partial charge in [0.15, 0.2) is 0 Å². The quantitative estimate of drug-likeness (QED) is 0.642. The van der Waals surface area contributed by atoms with Crippen LogP contribution in [-0.4, -0.2) is 19.9 Å². The summed E-state index contributed by atoms with van der Waals surface area (Å²) < 4.78 is 54.4. The fourth-order valence-electron chi connectivity index (χ4n) is 0.161. The molecular weight excluding hydrogens is 203 g/mol. The summed E-state index contributed by atoms with van der Waals surface area (Å²) in [6.45, 7) is 0.749. The minimum Gasteiger partial charge on any atom is -0.356 e. The number of hydrogen-bond acceptors (Lipinski definition) is 4. The first-order valence-corrected chi connectivity index (χ1v) is 3.90. The van der Waals surface area contributed by atoms with Crippen LogP contribution in [0, 0.1) is 0 Å². The number of nitrogens with one attached hydrogen (secondary N) is 1. The molecule has 0 aromatic heterocycles. The van der Waals surface area contributed by atoms with Crippen LogP contribution < -0.4 is 4.89 Å². The average Bonchev–Trinajstić information content (AvgIpc) is 1.81. The van der Waals surface area contributed by atoms with E-state index < -0.39 is 21.5 Å². The van der Waals surface area contributed by atoms with Crippen LogP contribution in [0.4, 0.5) is 13.2 Å². The summed E-state index contributed by atoms with van der Waals surface area (Å²) in [5, 5.41) is 0. The third-order valence-corrected chi connectivity index (χ3v) is 1.51. The van der Waals surface area contributed by atoms with Crippen molar-refractivity contribution in [2.24, 2.45) is 0 Å². The maximum Gasteiger partial charge on any atom is 0.514 e. The topological polar surface area (TPSA) is 72.5 Å². The van der Waals surface area contributed by atoms with Gasteiger partial charge < -0.3 is 4.84 Å². The number of sulfonamides is 1. The van der Waals surface area contributed by atoms with Gasteiger partial charge in [-0.05, 0) is 4.89 Å². The highest BCUT2D eigenvalue weighted by Gasteiger charge is 2.46. The molecule has 0 aliphatic heterocycles. The van der Waals surface area contributed by atoms with Crippen LogP contribution in [-0.2, 0) is 19.7 Å². The van der Waals surface area contributed by atoms with Crippen molar-refractivity contribution < 1.29 is 31.2 Å². The standard InChI is InChI=1S/C3H4F3NO4S/c1-2(8)11-7-12(9,10)3(4,5)6/h7H,1H3. The molecule has 9 heteroatoms. The minimum absolute atomic E-state index is 0.596. The van der Waals surface area contributed by atoms with Gasteiger partial charge in [-0.3, -0.25) is 4.79 Å². The molecule has 0 saturated carbocycles. The van der Waals surface area contributed by atoms with Gasteiger partial charge >= 0.3 is 21.5 Å². The molecule has 0 aromatic rings. The van der Waals surface area contributed by atoms with Gasteiger partial charge in [0, 0.05) is 6.92 Å². The molecular formula is C3H4F3NO4S. The molecule has 0 heterocycles. The van der Waals surface area contributed by atoms with Crippen LogP contribution in [0.1, 0.15) is 6.92 Å². The Morgan fingerprint density at radius 2 is 1.83 bits per heavy atom. The Balaban J connectivity index is 4.37. The first-order valence-electron chi connectivity index (χ1n) is 2.42. The number of carbonyl (C=O) groups excluding carboxylic acids is 1. The SMILES string of the molecule is CC(=O)ONS(=O)(=O)C(F)(F)F. The highest BCUT2D eigenvalue weighted by molar-refractivity contribution is 7.90. The highest BCUT2D eigenvalue weighted by Crippen LogP contribution is 2.21. The molecule has 0 amide bonds. The molecule has 0 spiro atoms. The van der Waals surface area contributed by atoms with E-state index in [0.717, 1.165) is 6.92 Å². The van der Waals surface area contributed by atoms with E-state index in [2.05, 4.69) is 4.84 Å². The molecule has 5 nitrogen and oxygen atoms in total. The van der Waals surface area contributed by atoms with Crippen molar-refractivity contribution in [1.82, 2.24) is 4.89 Å². The van der Waals surface area contributed by atoms with Gasteiger partial charge in [-0.25, -0.2) is 0 Å². The lowest BCUT2D eigenvalue weighted by Gasteiger charge is -2.07. The van der Waals surface area contributed by atoms with Crippen LogP contribution in [0.2, 0.25) is 0 Å². The fraction of sp³-hybridized carbons (Fsp3) is 0.667. The molecule has 0 aliphatic rings. The van der Waals surface area contributed by atoms with Crippen molar-refractivity contribution in [3.05, 3.63) is 0 Å². The molecule has 0 unspecified atom stereocenters. The second kappa shape index (κ2) is 3.27. The zero-order valence-corrected chi connectivity index (χ0v) is 6.49. The van der Waals surface area contributed by atoms with Crippen molar-refractivity contribution in [1.29, 1.82) is 0 Å². The summed E-state index contributed by atoms with van der Waals surface area (Å²) in [7, 11) is -5.59. The van der Waals surface area contributed by atoms with Crippen molar-refractivity contribution in [3.63, 3.8) is 0 Å². The van der Waals surface area contributed by atoms with Crippen LogP contribution in [0.25, 0.3) is 0 Å². The second-order valence-corrected chi connectivity index (χ2v) is 3.26. The number of rotatable bonds is 2. The van der Waals surface area contributed by atoms with Crippen molar-refractivity contribution in [3.8, 4) is 0 Å². The molecule has 0 aliphatic carbocycles. The smallest absolute Gasteiger partial charge is 0.356 e. The predicted molar refractivity (Wildman–Crippen MR) is 29.9 cm³/mol. The second-order valence-electron chi connectivity index (χ2n) is 1.63. The van der Waals surface area contributed by atoms with Crippen molar-refractivity contribution in [2.75, 3.05) is 0 Å². The molecule has 0 radical (unpaired) electrons. The van der Waals surface area contributed by atoms with E-state index in [4.69, 9.17) is 0 Å². The van der Waals surface area contributed by atoms with Gasteiger partial charge in [-0.2, -0.15) is 21.6 Å². The first kappa shape index (κ1) is 11.2. The number of carbonyl (C=O) groups is 1. The van der Waals surface area contributed by atoms with E-state index in [0.29, 0.717) is 4.89 Å². The molecule has 0 aromatic carbocycles. The summed E-state index contributed by atoms with van der Waals surface area (Å²) in [5.41, 5.74) is -5.48. The van der Waals surface area contributed by atoms with Crippen LogP contribution >= 0.6 is 0 Å². The number of halogens is 3. The number of hydrogen-bond donors (Lipinski definition) is 1. The third kappa shape index (κ3) is 3.05. The predicted octanol–water partition coefficient (Wildman–Crippen LogP) is -0.0963. The largest absolute Gasteiger partial charge is 0.514 e. The Bertz CT molecular complexity index is 268. The molecule has 1 N–H and O–H groups in total. The average molecular weight is 207 g/mol. The fourth-order valence-corrected chi connectivity index (χ4v) is 0.482. The molecule has 0 atom stereocenters. The summed E-state index contributed by atoms with van der Waals surface area (Å²) in [6, 6.07) is 0. The van der Waals surface area contributed by atoms with Crippen LogP contribution in [0.5, 0.6) is 0 Å². The Morgan fingerprint density at radius 3 is 2.08 bits per heavy atom. The Labute approximate surface area is 65.5 Å². The van der Waals surface area contributed by atoms with Gasteiger partial charge in [0.25, 0.3) is 0 Å². The molecule has 0 rings (SSSR count). The van der Waals surface area contributed by atoms with Gasteiger partial charge in [-0.1, -0.05) is 0 Å². The monoisotopic (exact) mass is 207 g/mol. The first-order chi connectivity index (χ1) is 5.17. The zero-order chi connectivity index (χ0) is 9.99. The van der Waals surface area contributed by atoms with Gasteiger partial charge in [0.2, 0.25) is 0 Å². The maximum atomic E-state index is 11.4. The Hall–Kier alpha value is -0.830. The van der Waals surface area contributed by atoms with Crippen molar-refractivity contribution in [2.45, 2.75) is 12.4 Å². The zero-order valence-electron chi connectivity index (χ0n) is 5.68. The summed E-state index contributed by atoms with van der Waals surface area (Å²) in [6.07, 6.45) is 0. The lowest BCUT2D eigenvalue weighted by molar-refractivity contribution is -0.145. The third-order valence-electron chi connectivity index (χ3n) is 0.600. The van der Waals surface area contributed by atoms with E-state index in [1.54, 1.807) is 0 Å². The molecule has 0 bridgehead atoms. The van der Waals surface area contributed by atoms with Gasteiger partial charge in [0.1, 0.15) is 0 Å². The maximum absolute atomic E-state index is 11.4. The Morgan fingerprint density at radius 1 is 1.42 bits per heavy atom. The highest BCUT2D eigenvalue weighted by atomic mass is 32.2. The summed E-state index contributed by atoms with van der Waals surface area (Å²) in [4.78, 5) is 13.9. The molecule has 0 fully saturated rings. The molecule has 72 valence electrons. The van der Waals surface area contributed by atoms with Gasteiger partial charge in [0.05, 0.1) is 0 Å². The van der Waals surface area contributed by atoms with E-state index in [1.165, 1.54) is 0 Å². The normalized spacial score (nSPS) is 12.7. The van der Waals surface area contributed by atoms with E-state index in [-0.39, 0.29) is 0 Å². The number of alkyl halides is 3. The minimum atomic E-state index is -5.59. The van der Waals surface area contributed by atoms with E-state index in [9.17, 15) is 26.4 Å². The van der Waals surface area contributed by atoms with Crippen LogP contribution in [0.3, 0.4) is 0 Å². The lowest BCUT2D eigenvalue weighted by Crippen LogP contribution is -2.37. The van der Waals surface area contributed by atoms with Gasteiger partial charge in [-0.15, -0.1) is 0 Å².